The Morgan fingerprint density at radius 3 is 2.25 bits per heavy atom. The largest absolute Gasteiger partial charge is 0.323 e. The highest BCUT2D eigenvalue weighted by molar-refractivity contribution is 7.99. The summed E-state index contributed by atoms with van der Waals surface area (Å²) in [4.78, 5) is 34.3. The minimum Gasteiger partial charge on any atom is -0.308 e. The van der Waals surface area contributed by atoms with E-state index in [1.54, 1.807) is 12.3 Å². The van der Waals surface area contributed by atoms with Crippen molar-refractivity contribution in [2.45, 2.75) is 9.79 Å². The maximum Gasteiger partial charge on any atom is 0.323 e. The molecular formula is C20H18N4O3S. The monoisotopic (exact) mass is 394 g/mol. The first-order chi connectivity index (χ1) is 13.6. The number of aromatic nitrogens is 1. The van der Waals surface area contributed by atoms with Gasteiger partial charge >= 0.3 is 6.03 Å². The van der Waals surface area contributed by atoms with Crippen molar-refractivity contribution in [3.8, 4) is 0 Å². The highest BCUT2D eigenvalue weighted by Gasteiger charge is 2.08. The highest BCUT2D eigenvalue weighted by atomic mass is 32.2. The molecule has 0 atom stereocenters. The fourth-order valence-electron chi connectivity index (χ4n) is 2.30. The maximum atomic E-state index is 12.0. The molecule has 0 aliphatic carbocycles. The first kappa shape index (κ1) is 19.4. The summed E-state index contributed by atoms with van der Waals surface area (Å²) < 4.78 is 0. The van der Waals surface area contributed by atoms with E-state index in [-0.39, 0.29) is 11.7 Å². The molecule has 28 heavy (non-hydrogen) atoms. The average Bonchev–Trinajstić information content (AvgIpc) is 2.70. The molecule has 0 aliphatic rings. The summed E-state index contributed by atoms with van der Waals surface area (Å²) in [7, 11) is 1.37. The van der Waals surface area contributed by atoms with Gasteiger partial charge in [0.15, 0.2) is 0 Å². The first-order valence-corrected chi connectivity index (χ1v) is 9.16. The molecule has 0 bridgehead atoms. The third-order valence-electron chi connectivity index (χ3n) is 3.54. The van der Waals surface area contributed by atoms with Crippen molar-refractivity contribution >= 4 is 35.1 Å². The van der Waals surface area contributed by atoms with Crippen molar-refractivity contribution in [3.63, 3.8) is 0 Å². The summed E-state index contributed by atoms with van der Waals surface area (Å²) in [5.41, 5.74) is 3.90. The van der Waals surface area contributed by atoms with Gasteiger partial charge in [0.2, 0.25) is 0 Å². The molecule has 3 amide bonds. The van der Waals surface area contributed by atoms with E-state index in [0.29, 0.717) is 5.69 Å². The standard InChI is InChI=1S/C20H18N4O3S/c1-27-24-19(25)18-13-17(11-12-21-18)28-16-9-7-15(8-10-16)23-20(26)22-14-5-3-2-4-6-14/h2-13H,1H3,(H,24,25)(H2,22,23,26). The van der Waals surface area contributed by atoms with Crippen molar-refractivity contribution < 1.29 is 14.4 Å². The lowest BCUT2D eigenvalue weighted by Gasteiger charge is -2.08. The average molecular weight is 394 g/mol. The summed E-state index contributed by atoms with van der Waals surface area (Å²) >= 11 is 1.48. The van der Waals surface area contributed by atoms with Gasteiger partial charge in [-0.15, -0.1) is 0 Å². The van der Waals surface area contributed by atoms with Crippen LogP contribution >= 0.6 is 11.8 Å². The minimum absolute atomic E-state index is 0.266. The van der Waals surface area contributed by atoms with Gasteiger partial charge in [0.25, 0.3) is 5.91 Å². The molecule has 7 nitrogen and oxygen atoms in total. The van der Waals surface area contributed by atoms with Gasteiger partial charge in [0.1, 0.15) is 5.69 Å². The first-order valence-electron chi connectivity index (χ1n) is 8.34. The second kappa shape index (κ2) is 9.54. The number of nitrogens with zero attached hydrogens (tertiary/aromatic N) is 1. The van der Waals surface area contributed by atoms with Gasteiger partial charge in [-0.05, 0) is 48.5 Å². The van der Waals surface area contributed by atoms with Crippen LogP contribution in [-0.4, -0.2) is 24.0 Å². The number of hydrogen-bond donors (Lipinski definition) is 3. The van der Waals surface area contributed by atoms with Gasteiger partial charge in [-0.2, -0.15) is 0 Å². The molecule has 0 saturated heterocycles. The van der Waals surface area contributed by atoms with E-state index in [4.69, 9.17) is 0 Å². The second-order valence-electron chi connectivity index (χ2n) is 5.58. The zero-order valence-corrected chi connectivity index (χ0v) is 15.8. The molecule has 1 aromatic heterocycles. The van der Waals surface area contributed by atoms with Gasteiger partial charge < -0.3 is 10.6 Å². The van der Waals surface area contributed by atoms with Gasteiger partial charge in [-0.1, -0.05) is 30.0 Å². The topological polar surface area (TPSA) is 92.4 Å². The van der Waals surface area contributed by atoms with E-state index < -0.39 is 5.91 Å². The van der Waals surface area contributed by atoms with Gasteiger partial charge in [-0.25, -0.2) is 10.3 Å². The molecule has 0 saturated carbocycles. The summed E-state index contributed by atoms with van der Waals surface area (Å²) in [6.45, 7) is 0. The van der Waals surface area contributed by atoms with Crippen LogP contribution in [0.3, 0.4) is 0 Å². The Bertz CT molecular complexity index is 949. The Balaban J connectivity index is 1.59. The normalized spacial score (nSPS) is 10.2. The highest BCUT2D eigenvalue weighted by Crippen LogP contribution is 2.28. The number of rotatable bonds is 6. The van der Waals surface area contributed by atoms with Crippen molar-refractivity contribution in [1.82, 2.24) is 10.5 Å². The predicted octanol–water partition coefficient (Wildman–Crippen LogP) is 4.17. The number of hydrogen-bond acceptors (Lipinski definition) is 5. The molecule has 1 heterocycles. The van der Waals surface area contributed by atoms with Crippen LogP contribution < -0.4 is 16.1 Å². The fraction of sp³-hybridized carbons (Fsp3) is 0.0500. The quantitative estimate of drug-likeness (QED) is 0.546. The number of carbonyl (C=O) groups is 2. The lowest BCUT2D eigenvalue weighted by atomic mass is 10.3. The Morgan fingerprint density at radius 2 is 1.57 bits per heavy atom. The van der Waals surface area contributed by atoms with Gasteiger partial charge in [0.05, 0.1) is 7.11 Å². The molecule has 3 N–H and O–H groups in total. The van der Waals surface area contributed by atoms with Crippen LogP contribution in [0.2, 0.25) is 0 Å². The summed E-state index contributed by atoms with van der Waals surface area (Å²) in [6.07, 6.45) is 1.57. The third kappa shape index (κ3) is 5.57. The summed E-state index contributed by atoms with van der Waals surface area (Å²) in [5.74, 6) is -0.408. The molecule has 3 aromatic rings. The van der Waals surface area contributed by atoms with Crippen LogP contribution in [-0.2, 0) is 4.84 Å². The molecule has 0 aliphatic heterocycles. The number of urea groups is 1. The van der Waals surface area contributed by atoms with Crippen molar-refractivity contribution in [2.24, 2.45) is 0 Å². The molecule has 3 rings (SSSR count). The fourth-order valence-corrected chi connectivity index (χ4v) is 3.14. The van der Waals surface area contributed by atoms with E-state index in [1.165, 1.54) is 18.9 Å². The Kier molecular flexibility index (Phi) is 6.61. The van der Waals surface area contributed by atoms with Crippen LogP contribution in [0, 0.1) is 0 Å². The van der Waals surface area contributed by atoms with Crippen molar-refractivity contribution in [2.75, 3.05) is 17.7 Å². The molecular weight excluding hydrogens is 376 g/mol. The predicted molar refractivity (Wildman–Crippen MR) is 108 cm³/mol. The molecule has 0 fully saturated rings. The van der Waals surface area contributed by atoms with Crippen LogP contribution in [0.25, 0.3) is 0 Å². The molecule has 0 spiro atoms. The van der Waals surface area contributed by atoms with E-state index in [1.807, 2.05) is 60.7 Å². The van der Waals surface area contributed by atoms with E-state index >= 15 is 0 Å². The Morgan fingerprint density at radius 1 is 0.893 bits per heavy atom. The number of carbonyl (C=O) groups excluding carboxylic acids is 2. The van der Waals surface area contributed by atoms with E-state index in [0.717, 1.165) is 15.5 Å². The maximum absolute atomic E-state index is 12.0. The molecule has 2 aromatic carbocycles. The summed E-state index contributed by atoms with van der Waals surface area (Å²) in [5, 5.41) is 5.55. The SMILES string of the molecule is CONC(=O)c1cc(Sc2ccc(NC(=O)Nc3ccccc3)cc2)ccn1. The van der Waals surface area contributed by atoms with Crippen LogP contribution in [0.4, 0.5) is 16.2 Å². The lowest BCUT2D eigenvalue weighted by molar-refractivity contribution is 0.0532. The molecule has 142 valence electrons. The number of para-hydroxylation sites is 1. The number of nitrogens with one attached hydrogen (secondary N) is 3. The Labute approximate surface area is 166 Å². The summed E-state index contributed by atoms with van der Waals surface area (Å²) in [6, 6.07) is 19.8. The van der Waals surface area contributed by atoms with Crippen LogP contribution in [0.1, 0.15) is 10.5 Å². The van der Waals surface area contributed by atoms with Crippen molar-refractivity contribution in [3.05, 3.63) is 78.6 Å². The van der Waals surface area contributed by atoms with Crippen LogP contribution in [0.5, 0.6) is 0 Å². The smallest absolute Gasteiger partial charge is 0.308 e. The molecule has 0 radical (unpaired) electrons. The van der Waals surface area contributed by atoms with Gasteiger partial charge in [0, 0.05) is 27.4 Å². The number of amides is 3. The molecule has 0 unspecified atom stereocenters. The zero-order chi connectivity index (χ0) is 19.8. The number of pyridine rings is 1. The number of hydroxylamine groups is 1. The third-order valence-corrected chi connectivity index (χ3v) is 4.54. The minimum atomic E-state index is -0.408. The lowest BCUT2D eigenvalue weighted by Crippen LogP contribution is -2.22. The van der Waals surface area contributed by atoms with Crippen LogP contribution in [0.15, 0.2) is 82.7 Å². The Hall–Kier alpha value is -3.36. The zero-order valence-electron chi connectivity index (χ0n) is 15.0. The molecule has 8 heteroatoms. The number of anilines is 2. The van der Waals surface area contributed by atoms with Crippen molar-refractivity contribution in [1.29, 1.82) is 0 Å². The number of benzene rings is 2. The van der Waals surface area contributed by atoms with Gasteiger partial charge in [-0.3, -0.25) is 14.6 Å². The second-order valence-corrected chi connectivity index (χ2v) is 6.73. The van der Waals surface area contributed by atoms with E-state index in [9.17, 15) is 9.59 Å². The van der Waals surface area contributed by atoms with E-state index in [2.05, 4.69) is 25.9 Å².